The van der Waals surface area contributed by atoms with Gasteiger partial charge in [0.15, 0.2) is 0 Å². The molecule has 41 heavy (non-hydrogen) atoms. The summed E-state index contributed by atoms with van der Waals surface area (Å²) in [5.41, 5.74) is 2.32. The van der Waals surface area contributed by atoms with E-state index in [-0.39, 0.29) is 16.9 Å². The number of carbonyl (C=O) groups excluding carboxylic acids is 3. The first-order chi connectivity index (χ1) is 19.9. The maximum atomic E-state index is 13.3. The molecule has 3 aromatic carbocycles. The van der Waals surface area contributed by atoms with Crippen molar-refractivity contribution in [3.8, 4) is 5.75 Å². The fourth-order valence-corrected chi connectivity index (χ4v) is 4.84. The van der Waals surface area contributed by atoms with Crippen LogP contribution in [0.1, 0.15) is 29.3 Å². The number of rotatable bonds is 11. The van der Waals surface area contributed by atoms with Gasteiger partial charge in [-0.3, -0.25) is 19.4 Å². The molecule has 3 N–H and O–H groups in total. The molecule has 0 aliphatic rings. The van der Waals surface area contributed by atoms with E-state index in [0.29, 0.717) is 34.7 Å². The Bertz CT molecular complexity index is 1530. The lowest BCUT2D eigenvalue weighted by Gasteiger charge is -2.16. The minimum absolute atomic E-state index is 0.0639. The predicted molar refractivity (Wildman–Crippen MR) is 163 cm³/mol. The van der Waals surface area contributed by atoms with Crippen LogP contribution in [0.4, 0.5) is 11.4 Å². The summed E-state index contributed by atoms with van der Waals surface area (Å²) in [7, 11) is 1.58. The average Bonchev–Trinajstić information content (AvgIpc) is 3.00. The number of ether oxygens (including phenoxy) is 1. The van der Waals surface area contributed by atoms with E-state index in [2.05, 4.69) is 20.9 Å². The highest BCUT2D eigenvalue weighted by atomic mass is 32.2. The van der Waals surface area contributed by atoms with Gasteiger partial charge in [-0.1, -0.05) is 43.3 Å². The molecule has 0 aliphatic heterocycles. The number of hydrogen-bond donors (Lipinski definition) is 3. The zero-order chi connectivity index (χ0) is 29.0. The van der Waals surface area contributed by atoms with Crippen molar-refractivity contribution in [3.63, 3.8) is 0 Å². The fourth-order valence-electron chi connectivity index (χ4n) is 3.83. The van der Waals surface area contributed by atoms with Crippen molar-refractivity contribution in [1.29, 1.82) is 0 Å². The van der Waals surface area contributed by atoms with Crippen molar-refractivity contribution in [1.82, 2.24) is 10.3 Å². The van der Waals surface area contributed by atoms with Gasteiger partial charge in [-0.25, -0.2) is 0 Å². The summed E-state index contributed by atoms with van der Waals surface area (Å²) < 4.78 is 5.24. The number of thioether (sulfide) groups is 1. The van der Waals surface area contributed by atoms with E-state index in [1.54, 1.807) is 92.3 Å². The van der Waals surface area contributed by atoms with E-state index in [9.17, 15) is 14.4 Å². The van der Waals surface area contributed by atoms with E-state index in [1.165, 1.54) is 11.8 Å². The van der Waals surface area contributed by atoms with Crippen molar-refractivity contribution < 1.29 is 19.1 Å². The number of methoxy groups -OCH3 is 1. The van der Waals surface area contributed by atoms with Crippen molar-refractivity contribution in [3.05, 3.63) is 120 Å². The molecule has 1 unspecified atom stereocenters. The second kappa shape index (κ2) is 14.5. The molecule has 0 saturated carbocycles. The number of nitrogens with zero attached hydrogens (tertiary/aromatic N) is 1. The van der Waals surface area contributed by atoms with Crippen LogP contribution in [-0.2, 0) is 9.59 Å². The van der Waals surface area contributed by atoms with Gasteiger partial charge in [0.05, 0.1) is 12.4 Å². The van der Waals surface area contributed by atoms with Crippen LogP contribution in [0, 0.1) is 0 Å². The second-order valence-electron chi connectivity index (χ2n) is 8.88. The molecule has 0 aliphatic carbocycles. The third-order valence-electron chi connectivity index (χ3n) is 5.89. The molecule has 208 valence electrons. The molecule has 0 bridgehead atoms. The summed E-state index contributed by atoms with van der Waals surface area (Å²) in [4.78, 5) is 44.1. The summed E-state index contributed by atoms with van der Waals surface area (Å²) in [5.74, 6) is -0.384. The van der Waals surface area contributed by atoms with E-state index in [4.69, 9.17) is 4.74 Å². The quantitative estimate of drug-likeness (QED) is 0.152. The van der Waals surface area contributed by atoms with Crippen LogP contribution >= 0.6 is 11.8 Å². The summed E-state index contributed by atoms with van der Waals surface area (Å²) >= 11 is 1.40. The third kappa shape index (κ3) is 8.55. The number of hydrogen-bond acceptors (Lipinski definition) is 6. The first-order valence-corrected chi connectivity index (χ1v) is 13.8. The molecule has 0 saturated heterocycles. The van der Waals surface area contributed by atoms with Gasteiger partial charge in [0.2, 0.25) is 5.91 Å². The van der Waals surface area contributed by atoms with Gasteiger partial charge in [0.25, 0.3) is 11.8 Å². The molecular formula is C32H30N4O4S. The number of aromatic nitrogens is 1. The molecule has 9 heteroatoms. The number of amides is 3. The molecule has 1 heterocycles. The molecule has 4 rings (SSSR count). The number of nitrogens with one attached hydrogen (secondary N) is 3. The van der Waals surface area contributed by atoms with Crippen LogP contribution in [0.25, 0.3) is 6.08 Å². The molecule has 0 fully saturated rings. The molecule has 0 spiro atoms. The SMILES string of the molecule is CCC(Sc1cccc(NC(=O)/C(=C/c2cccnc2)NC(=O)c2ccccc2)c1)C(=O)Nc1cccc(OC)c1. The Labute approximate surface area is 243 Å². The molecule has 8 nitrogen and oxygen atoms in total. The van der Waals surface area contributed by atoms with Gasteiger partial charge in [-0.2, -0.15) is 0 Å². The minimum atomic E-state index is -0.497. The van der Waals surface area contributed by atoms with Crippen LogP contribution in [0.5, 0.6) is 5.75 Å². The maximum absolute atomic E-state index is 13.3. The van der Waals surface area contributed by atoms with Crippen molar-refractivity contribution in [2.45, 2.75) is 23.5 Å². The monoisotopic (exact) mass is 566 g/mol. The summed E-state index contributed by atoms with van der Waals surface area (Å²) in [6, 6.07) is 26.6. The largest absolute Gasteiger partial charge is 0.497 e. The maximum Gasteiger partial charge on any atom is 0.272 e. The highest BCUT2D eigenvalue weighted by molar-refractivity contribution is 8.00. The van der Waals surface area contributed by atoms with Gasteiger partial charge in [0.1, 0.15) is 11.4 Å². The van der Waals surface area contributed by atoms with Gasteiger partial charge in [-0.15, -0.1) is 11.8 Å². The summed E-state index contributed by atoms with van der Waals surface area (Å²) in [6.07, 6.45) is 5.39. The number of carbonyl (C=O) groups is 3. The van der Waals surface area contributed by atoms with Crippen LogP contribution in [0.3, 0.4) is 0 Å². The Balaban J connectivity index is 1.47. The average molecular weight is 567 g/mol. The van der Waals surface area contributed by atoms with Crippen molar-refractivity contribution >= 4 is 46.9 Å². The zero-order valence-corrected chi connectivity index (χ0v) is 23.5. The first-order valence-electron chi connectivity index (χ1n) is 13.0. The minimum Gasteiger partial charge on any atom is -0.497 e. The third-order valence-corrected chi connectivity index (χ3v) is 7.25. The Morgan fingerprint density at radius 3 is 2.37 bits per heavy atom. The molecule has 1 aromatic heterocycles. The Morgan fingerprint density at radius 2 is 1.66 bits per heavy atom. The van der Waals surface area contributed by atoms with Gasteiger partial charge in [-0.05, 0) is 66.6 Å². The van der Waals surface area contributed by atoms with Crippen molar-refractivity contribution in [2.24, 2.45) is 0 Å². The number of anilines is 2. The van der Waals surface area contributed by atoms with E-state index < -0.39 is 11.8 Å². The predicted octanol–water partition coefficient (Wildman–Crippen LogP) is 6.01. The van der Waals surface area contributed by atoms with E-state index in [0.717, 1.165) is 4.90 Å². The second-order valence-corrected chi connectivity index (χ2v) is 10.2. The summed E-state index contributed by atoms with van der Waals surface area (Å²) in [6.45, 7) is 1.94. The van der Waals surface area contributed by atoms with Gasteiger partial charge < -0.3 is 20.7 Å². The molecule has 0 radical (unpaired) electrons. The van der Waals surface area contributed by atoms with Gasteiger partial charge >= 0.3 is 0 Å². The fraction of sp³-hybridized carbons (Fsp3) is 0.125. The zero-order valence-electron chi connectivity index (χ0n) is 22.7. The van der Waals surface area contributed by atoms with Crippen LogP contribution in [-0.4, -0.2) is 35.1 Å². The van der Waals surface area contributed by atoms with Gasteiger partial charge in [0, 0.05) is 40.3 Å². The highest BCUT2D eigenvalue weighted by Gasteiger charge is 2.19. The lowest BCUT2D eigenvalue weighted by atomic mass is 10.2. The lowest BCUT2D eigenvalue weighted by Crippen LogP contribution is -2.30. The smallest absolute Gasteiger partial charge is 0.272 e. The molecule has 1 atom stereocenters. The number of pyridine rings is 1. The van der Waals surface area contributed by atoms with Crippen LogP contribution in [0.15, 0.2) is 114 Å². The van der Waals surface area contributed by atoms with Crippen LogP contribution < -0.4 is 20.7 Å². The standard InChI is InChI=1S/C32H30N4O4S/c1-3-29(32(39)35-24-13-7-15-26(19-24)40-2)41-27-16-8-14-25(20-27)34-31(38)28(18-22-10-9-17-33-21-22)36-30(37)23-11-5-4-6-12-23/h4-21,29H,3H2,1-2H3,(H,34,38)(H,35,39)(H,36,37)/b28-18-. The van der Waals surface area contributed by atoms with Crippen LogP contribution in [0.2, 0.25) is 0 Å². The first kappa shape index (κ1) is 29.1. The van der Waals surface area contributed by atoms with Crippen molar-refractivity contribution in [2.75, 3.05) is 17.7 Å². The molecule has 4 aromatic rings. The topological polar surface area (TPSA) is 109 Å². The Hall–Kier alpha value is -4.89. The van der Waals surface area contributed by atoms with E-state index >= 15 is 0 Å². The Morgan fingerprint density at radius 1 is 0.902 bits per heavy atom. The lowest BCUT2D eigenvalue weighted by molar-refractivity contribution is -0.116. The summed E-state index contributed by atoms with van der Waals surface area (Å²) in [5, 5.41) is 8.16. The molecule has 3 amide bonds. The Kier molecular flexibility index (Phi) is 10.3. The number of benzene rings is 3. The highest BCUT2D eigenvalue weighted by Crippen LogP contribution is 2.29. The normalized spacial score (nSPS) is 11.7. The van der Waals surface area contributed by atoms with E-state index in [1.807, 2.05) is 31.2 Å². The molecular weight excluding hydrogens is 536 g/mol.